The fourth-order valence-electron chi connectivity index (χ4n) is 1.61. The van der Waals surface area contributed by atoms with Gasteiger partial charge in [-0.15, -0.1) is 22.7 Å². The summed E-state index contributed by atoms with van der Waals surface area (Å²) >= 11 is 2.77. The van der Waals surface area contributed by atoms with E-state index in [9.17, 15) is 4.79 Å². The molecule has 0 atom stereocenters. The molecule has 0 aliphatic rings. The van der Waals surface area contributed by atoms with Crippen LogP contribution in [0.2, 0.25) is 0 Å². The second-order valence-corrected chi connectivity index (χ2v) is 5.87. The minimum atomic E-state index is -0.490. The molecular weight excluding hydrogens is 294 g/mol. The molecule has 2 aromatic heterocycles. The van der Waals surface area contributed by atoms with E-state index in [2.05, 4.69) is 5.32 Å². The minimum absolute atomic E-state index is 0.185. The van der Waals surface area contributed by atoms with Crippen molar-refractivity contribution >= 4 is 39.3 Å². The Bertz CT molecular complexity index is 641. The predicted octanol–water partition coefficient (Wildman–Crippen LogP) is 3.05. The zero-order valence-electron chi connectivity index (χ0n) is 10.8. The quantitative estimate of drug-likeness (QED) is 0.829. The van der Waals surface area contributed by atoms with Gasteiger partial charge in [-0.2, -0.15) is 5.26 Å². The van der Waals surface area contributed by atoms with Gasteiger partial charge in [-0.1, -0.05) is 6.07 Å². The second-order valence-electron chi connectivity index (χ2n) is 3.81. The van der Waals surface area contributed by atoms with Crippen molar-refractivity contribution in [2.75, 3.05) is 17.7 Å². The molecule has 5 nitrogen and oxygen atoms in total. The summed E-state index contributed by atoms with van der Waals surface area (Å²) in [6.45, 7) is 2.59. The molecule has 2 rings (SSSR count). The molecule has 2 aromatic rings. The summed E-state index contributed by atoms with van der Waals surface area (Å²) in [4.78, 5) is 13.2. The molecule has 0 radical (unpaired) electrons. The number of nitrogens with one attached hydrogen (secondary N) is 1. The van der Waals surface area contributed by atoms with Gasteiger partial charge in [-0.25, -0.2) is 4.79 Å². The Kier molecular flexibility index (Phi) is 4.61. The van der Waals surface area contributed by atoms with Gasteiger partial charge in [0.25, 0.3) is 0 Å². The number of ether oxygens (including phenoxy) is 1. The number of esters is 1. The van der Waals surface area contributed by atoms with E-state index in [1.54, 1.807) is 18.3 Å². The molecule has 0 bridgehead atoms. The van der Waals surface area contributed by atoms with Crippen LogP contribution in [0.15, 0.2) is 17.5 Å². The van der Waals surface area contributed by atoms with Crippen LogP contribution in [0.25, 0.3) is 0 Å². The number of nitrogen functional groups attached to an aromatic ring is 1. The first kappa shape index (κ1) is 14.4. The van der Waals surface area contributed by atoms with Gasteiger partial charge in [0.2, 0.25) is 0 Å². The Morgan fingerprint density at radius 3 is 3.00 bits per heavy atom. The van der Waals surface area contributed by atoms with Gasteiger partial charge in [0.1, 0.15) is 21.5 Å². The highest BCUT2D eigenvalue weighted by molar-refractivity contribution is 7.18. The van der Waals surface area contributed by atoms with Gasteiger partial charge in [0, 0.05) is 4.88 Å². The first-order valence-electron chi connectivity index (χ1n) is 5.93. The van der Waals surface area contributed by atoms with Crippen molar-refractivity contribution in [1.82, 2.24) is 0 Å². The van der Waals surface area contributed by atoms with Crippen molar-refractivity contribution in [3.63, 3.8) is 0 Å². The molecule has 0 aliphatic heterocycles. The zero-order valence-corrected chi connectivity index (χ0v) is 12.4. The lowest BCUT2D eigenvalue weighted by molar-refractivity contribution is 0.0533. The lowest BCUT2D eigenvalue weighted by Gasteiger charge is -2.01. The van der Waals surface area contributed by atoms with Crippen LogP contribution in [0.5, 0.6) is 0 Å². The molecule has 3 N–H and O–H groups in total. The number of carbonyl (C=O) groups excluding carboxylic acids is 1. The van der Waals surface area contributed by atoms with Crippen LogP contribution in [0.3, 0.4) is 0 Å². The summed E-state index contributed by atoms with van der Waals surface area (Å²) in [6.07, 6.45) is 0. The zero-order chi connectivity index (χ0) is 14.5. The smallest absolute Gasteiger partial charge is 0.350 e. The first-order chi connectivity index (χ1) is 9.67. The van der Waals surface area contributed by atoms with Gasteiger partial charge in [-0.05, 0) is 18.4 Å². The number of carbonyl (C=O) groups is 1. The van der Waals surface area contributed by atoms with Crippen LogP contribution in [0.4, 0.5) is 10.7 Å². The average Bonchev–Trinajstić information content (AvgIpc) is 3.04. The number of thiophene rings is 2. The lowest BCUT2D eigenvalue weighted by Crippen LogP contribution is -2.05. The van der Waals surface area contributed by atoms with E-state index in [4.69, 9.17) is 15.7 Å². The molecule has 0 unspecified atom stereocenters. The molecule has 0 saturated carbocycles. The highest BCUT2D eigenvalue weighted by atomic mass is 32.1. The van der Waals surface area contributed by atoms with Crippen LogP contribution >= 0.6 is 22.7 Å². The molecule has 2 heterocycles. The number of nitrogens with two attached hydrogens (primary N) is 1. The molecule has 0 fully saturated rings. The monoisotopic (exact) mass is 307 g/mol. The Morgan fingerprint density at radius 2 is 2.40 bits per heavy atom. The van der Waals surface area contributed by atoms with Crippen molar-refractivity contribution in [3.8, 4) is 6.07 Å². The molecule has 0 amide bonds. The third-order valence-electron chi connectivity index (χ3n) is 2.52. The SMILES string of the molecule is CCOC(=O)c1sc(NCc2cccs2)c(C#N)c1N. The van der Waals surface area contributed by atoms with E-state index in [-0.39, 0.29) is 17.2 Å². The Hall–Kier alpha value is -2.04. The van der Waals surface area contributed by atoms with E-state index in [1.165, 1.54) is 0 Å². The fourth-order valence-corrected chi connectivity index (χ4v) is 3.21. The van der Waals surface area contributed by atoms with Gasteiger partial charge in [0.15, 0.2) is 0 Å². The molecule has 0 aromatic carbocycles. The minimum Gasteiger partial charge on any atom is -0.462 e. The maximum Gasteiger partial charge on any atom is 0.350 e. The third-order valence-corrected chi connectivity index (χ3v) is 4.54. The normalized spacial score (nSPS) is 10.0. The second kappa shape index (κ2) is 6.41. The van der Waals surface area contributed by atoms with Crippen molar-refractivity contribution < 1.29 is 9.53 Å². The highest BCUT2D eigenvalue weighted by Gasteiger charge is 2.21. The van der Waals surface area contributed by atoms with Gasteiger partial charge >= 0.3 is 5.97 Å². The molecule has 0 aliphatic carbocycles. The van der Waals surface area contributed by atoms with E-state index in [1.807, 2.05) is 23.6 Å². The van der Waals surface area contributed by atoms with Gasteiger partial charge in [0.05, 0.1) is 18.8 Å². The lowest BCUT2D eigenvalue weighted by atomic mass is 10.2. The number of hydrogen-bond acceptors (Lipinski definition) is 7. The van der Waals surface area contributed by atoms with Crippen molar-refractivity contribution in [2.45, 2.75) is 13.5 Å². The molecule has 0 spiro atoms. The topological polar surface area (TPSA) is 88.1 Å². The van der Waals surface area contributed by atoms with Crippen LogP contribution < -0.4 is 11.1 Å². The van der Waals surface area contributed by atoms with E-state index < -0.39 is 5.97 Å². The molecule has 0 saturated heterocycles. The van der Waals surface area contributed by atoms with Gasteiger partial charge < -0.3 is 15.8 Å². The summed E-state index contributed by atoms with van der Waals surface area (Å²) in [7, 11) is 0. The first-order valence-corrected chi connectivity index (χ1v) is 7.62. The van der Waals surface area contributed by atoms with Crippen LogP contribution in [0, 0.1) is 11.3 Å². The average molecular weight is 307 g/mol. The maximum atomic E-state index is 11.8. The molecular formula is C13H13N3O2S2. The predicted molar refractivity (Wildman–Crippen MR) is 81.0 cm³/mol. The van der Waals surface area contributed by atoms with Crippen molar-refractivity contribution in [1.29, 1.82) is 5.26 Å². The third kappa shape index (κ3) is 2.92. The van der Waals surface area contributed by atoms with E-state index >= 15 is 0 Å². The number of anilines is 2. The summed E-state index contributed by atoms with van der Waals surface area (Å²) in [6, 6.07) is 5.98. The molecule has 7 heteroatoms. The standard InChI is InChI=1S/C13H13N3O2S2/c1-2-18-13(17)11-10(15)9(6-14)12(20-11)16-7-8-4-3-5-19-8/h3-5,16H,2,7,15H2,1H3. The summed E-state index contributed by atoms with van der Waals surface area (Å²) < 4.78 is 4.93. The van der Waals surface area contributed by atoms with E-state index in [0.29, 0.717) is 17.1 Å². The van der Waals surface area contributed by atoms with Crippen LogP contribution in [-0.4, -0.2) is 12.6 Å². The maximum absolute atomic E-state index is 11.8. The fraction of sp³-hybridized carbons (Fsp3) is 0.231. The molecule has 20 heavy (non-hydrogen) atoms. The Labute approximate surface area is 124 Å². The Morgan fingerprint density at radius 1 is 1.60 bits per heavy atom. The highest BCUT2D eigenvalue weighted by Crippen LogP contribution is 2.36. The van der Waals surface area contributed by atoms with Gasteiger partial charge in [-0.3, -0.25) is 0 Å². The summed E-state index contributed by atoms with van der Waals surface area (Å²) in [5, 5.41) is 14.9. The van der Waals surface area contributed by atoms with Crippen LogP contribution in [0.1, 0.15) is 27.0 Å². The number of nitriles is 1. The summed E-state index contributed by atoms with van der Waals surface area (Å²) in [5.41, 5.74) is 6.33. The van der Waals surface area contributed by atoms with E-state index in [0.717, 1.165) is 16.2 Å². The van der Waals surface area contributed by atoms with Crippen molar-refractivity contribution in [3.05, 3.63) is 32.8 Å². The van der Waals surface area contributed by atoms with Crippen LogP contribution in [-0.2, 0) is 11.3 Å². The Balaban J connectivity index is 2.22. The molecule has 104 valence electrons. The summed E-state index contributed by atoms with van der Waals surface area (Å²) in [5.74, 6) is -0.490. The van der Waals surface area contributed by atoms with Crippen molar-refractivity contribution in [2.24, 2.45) is 0 Å². The number of rotatable bonds is 5. The largest absolute Gasteiger partial charge is 0.462 e. The number of nitrogens with zero attached hydrogens (tertiary/aromatic N) is 1. The number of hydrogen-bond donors (Lipinski definition) is 2.